The van der Waals surface area contributed by atoms with Crippen molar-refractivity contribution in [3.63, 3.8) is 0 Å². The molecule has 0 spiro atoms. The maximum Gasteiger partial charge on any atom is 0.0829 e. The summed E-state index contributed by atoms with van der Waals surface area (Å²) in [5.74, 6) is 13.5. The van der Waals surface area contributed by atoms with Crippen LogP contribution in [0.25, 0.3) is 0 Å². The van der Waals surface area contributed by atoms with Crippen LogP contribution in [0.3, 0.4) is 0 Å². The lowest BCUT2D eigenvalue weighted by Crippen LogP contribution is -2.08. The molecule has 0 radical (unpaired) electrons. The van der Waals surface area contributed by atoms with Gasteiger partial charge in [-0.05, 0) is 273 Å². The van der Waals surface area contributed by atoms with E-state index in [4.69, 9.17) is 0 Å². The van der Waals surface area contributed by atoms with Crippen LogP contribution in [0.1, 0.15) is 474 Å². The summed E-state index contributed by atoms with van der Waals surface area (Å²) in [5, 5.41) is 74.4. The zero-order chi connectivity index (χ0) is 108. The summed E-state index contributed by atoms with van der Waals surface area (Å²) in [6.07, 6.45) is 61.5. The van der Waals surface area contributed by atoms with Gasteiger partial charge in [0.15, 0.2) is 0 Å². The normalized spacial score (nSPS) is 11.6. The standard InChI is InChI=1S/C15H29N3.C14H27N3.4C13H25N3.3C12H23N3/c1-13(2)8-5-6-11-18-15(12-16-17-18)10-7-9-14(3)4;1-12(2)7-5-6-10-17-14(11-15-16-17)9-8-13(3)4;1-11(2)6-5-9-16-10-13(14-15-16)8-7-12(3)4;1-11(2)6-5-9-16-13(10-14-15-16)8-7-12(3)4;1-11(2)7-5-6-8-16-10-13(14-15-16)9-12(3)4;1-11(2)7-5-6-8-16-13(9-12(3)4)10-14-15-16;1-10(2)5-6-12-9-15(14-13-12)8-7-11(3)4;1-10(2)6-5-7-15-9-12(13-14-15)8-11(3)4;1-10(2)6-5-7-12-9-15(14-13-12)8-11(3)4/h12-14H,5-11H2,1-4H3;11-13H,5-10H2,1-4H3;4*10-12H,5-9H2,1-4H3;3*9-11H,5-8H2,1-4H3. The highest BCUT2D eigenvalue weighted by Gasteiger charge is 2.15. The second-order valence-corrected chi connectivity index (χ2v) is 49.0. The van der Waals surface area contributed by atoms with Gasteiger partial charge < -0.3 is 0 Å². The molecule has 0 amide bonds. The summed E-state index contributed by atoms with van der Waals surface area (Å²) in [4.78, 5) is 0. The van der Waals surface area contributed by atoms with Gasteiger partial charge >= 0.3 is 0 Å². The topological polar surface area (TPSA) is 276 Å². The molecule has 0 N–H and O–H groups in total. The van der Waals surface area contributed by atoms with Crippen LogP contribution in [-0.2, 0) is 117 Å². The van der Waals surface area contributed by atoms with E-state index in [9.17, 15) is 0 Å². The van der Waals surface area contributed by atoms with E-state index in [-0.39, 0.29) is 0 Å². The molecule has 0 aliphatic rings. The van der Waals surface area contributed by atoms with Crippen molar-refractivity contribution in [2.75, 3.05) is 0 Å². The van der Waals surface area contributed by atoms with E-state index in [0.29, 0.717) is 23.7 Å². The van der Waals surface area contributed by atoms with Gasteiger partial charge in [-0.3, -0.25) is 23.4 Å². The van der Waals surface area contributed by atoms with E-state index in [2.05, 4.69) is 392 Å². The molecule has 9 rings (SSSR count). The van der Waals surface area contributed by atoms with Gasteiger partial charge in [0.05, 0.1) is 76.0 Å². The van der Waals surface area contributed by atoms with E-state index >= 15 is 0 Å². The van der Waals surface area contributed by atoms with Crippen LogP contribution in [0.2, 0.25) is 0 Å². The Morgan fingerprint density at radius 3 is 0.722 bits per heavy atom. The van der Waals surface area contributed by atoms with Crippen LogP contribution in [0.5, 0.6) is 0 Å². The summed E-state index contributed by atoms with van der Waals surface area (Å²) < 4.78 is 18.2. The van der Waals surface area contributed by atoms with Crippen molar-refractivity contribution < 1.29 is 0 Å². The minimum absolute atomic E-state index is 0.634. The summed E-state index contributed by atoms with van der Waals surface area (Å²) in [7, 11) is 0. The number of nitrogens with zero attached hydrogens (tertiary/aromatic N) is 27. The number of unbranched alkanes of at least 4 members (excludes halogenated alkanes) is 4. The second kappa shape index (κ2) is 82.2. The maximum absolute atomic E-state index is 4.20. The van der Waals surface area contributed by atoms with E-state index in [1.165, 1.54) is 196 Å². The van der Waals surface area contributed by atoms with Crippen molar-refractivity contribution in [2.45, 2.75) is 539 Å². The van der Waals surface area contributed by atoms with Crippen molar-refractivity contribution in [2.24, 2.45) is 107 Å². The molecule has 0 saturated heterocycles. The molecule has 0 aromatic carbocycles. The summed E-state index contributed by atoms with van der Waals surface area (Å²) in [6.45, 7) is 90.1. The fourth-order valence-electron chi connectivity index (χ4n) is 15.7. The zero-order valence-electron chi connectivity index (χ0n) is 100.0. The predicted octanol–water partition coefficient (Wildman–Crippen LogP) is 29.7. The molecule has 0 unspecified atom stereocenters. The van der Waals surface area contributed by atoms with Crippen molar-refractivity contribution in [3.8, 4) is 0 Å². The highest BCUT2D eigenvalue weighted by Crippen LogP contribution is 2.20. The molecule has 0 atom stereocenters. The van der Waals surface area contributed by atoms with Crippen molar-refractivity contribution >= 4 is 0 Å². The van der Waals surface area contributed by atoms with E-state index in [0.717, 1.165) is 228 Å². The maximum atomic E-state index is 4.20. The Labute approximate surface area is 882 Å². The molecule has 0 aliphatic carbocycles. The number of hydrogen-bond acceptors (Lipinski definition) is 18. The summed E-state index contributed by atoms with van der Waals surface area (Å²) >= 11 is 0. The molecule has 9 heterocycles. The average molecular weight is 2010 g/mol. The first-order chi connectivity index (χ1) is 68.2. The molecular formula is C117H225N27. The summed E-state index contributed by atoms with van der Waals surface area (Å²) in [6, 6.07) is 0. The minimum atomic E-state index is 0.634. The van der Waals surface area contributed by atoms with Crippen LogP contribution in [0.15, 0.2) is 55.8 Å². The zero-order valence-corrected chi connectivity index (χ0v) is 100.0. The fraction of sp³-hybridized carbons (Fsp3) is 0.846. The van der Waals surface area contributed by atoms with E-state index in [1.54, 1.807) is 0 Å². The van der Waals surface area contributed by atoms with Crippen molar-refractivity contribution in [1.82, 2.24) is 135 Å². The van der Waals surface area contributed by atoms with Crippen LogP contribution < -0.4 is 0 Å². The molecule has 9 aromatic rings. The molecule has 0 bridgehead atoms. The Balaban J connectivity index is 0.000000810. The Bertz CT molecular complexity index is 4240. The summed E-state index contributed by atoms with van der Waals surface area (Å²) in [5.41, 5.74) is 10.8. The molecule has 27 nitrogen and oxygen atoms in total. The Morgan fingerprint density at radius 1 is 0.167 bits per heavy atom. The minimum Gasteiger partial charge on any atom is -0.252 e. The molecular weight excluding hydrogens is 1780 g/mol. The first kappa shape index (κ1) is 134. The van der Waals surface area contributed by atoms with Crippen molar-refractivity contribution in [3.05, 3.63) is 107 Å². The van der Waals surface area contributed by atoms with Gasteiger partial charge in [0.25, 0.3) is 0 Å². The Kier molecular flexibility index (Phi) is 76.6. The molecule has 828 valence electrons. The third-order valence-corrected chi connectivity index (χ3v) is 24.5. The number of hydrogen-bond donors (Lipinski definition) is 0. The van der Waals surface area contributed by atoms with Gasteiger partial charge in [-0.25, -0.2) is 18.7 Å². The molecule has 9 aromatic heterocycles. The fourth-order valence-corrected chi connectivity index (χ4v) is 15.7. The van der Waals surface area contributed by atoms with Gasteiger partial charge in [0.1, 0.15) is 0 Å². The number of aryl methyl sites for hydroxylation is 14. The lowest BCUT2D eigenvalue weighted by Gasteiger charge is -2.08. The molecule has 0 aliphatic heterocycles. The quantitative estimate of drug-likeness (QED) is 0.0320. The Morgan fingerprint density at radius 2 is 0.396 bits per heavy atom. The SMILES string of the molecule is CC(C)CCCCn1cc(CC(C)C)nn1.CC(C)CCCCn1nncc1CC(C)C.CC(C)CCCCn1nncc1CCC(C)C.CC(C)CCCCn1nncc1CCCC(C)C.CC(C)CCCc1cn(CC(C)C)nn1.CC(C)CCCn1cc(CC(C)C)nn1.CC(C)CCCn1cc(CCC(C)C)nn1.CC(C)CCCn1nncc1CCC(C)C.CC(C)CCc1cn(CCC(C)C)nn1. The first-order valence-corrected chi connectivity index (χ1v) is 58.2. The van der Waals surface area contributed by atoms with Crippen LogP contribution in [-0.4, -0.2) is 135 Å². The van der Waals surface area contributed by atoms with Crippen LogP contribution in [0, 0.1) is 107 Å². The largest absolute Gasteiger partial charge is 0.252 e. The van der Waals surface area contributed by atoms with Gasteiger partial charge in [0, 0.05) is 89.9 Å². The highest BCUT2D eigenvalue weighted by molar-refractivity contribution is 5.00. The predicted molar refractivity (Wildman–Crippen MR) is 605 cm³/mol. The van der Waals surface area contributed by atoms with Crippen LogP contribution in [0.4, 0.5) is 0 Å². The average Bonchev–Trinajstić information content (AvgIpc) is 1.75. The molecule has 144 heavy (non-hydrogen) atoms. The molecule has 0 fully saturated rings. The van der Waals surface area contributed by atoms with E-state index < -0.39 is 0 Å². The van der Waals surface area contributed by atoms with Crippen LogP contribution >= 0.6 is 0 Å². The van der Waals surface area contributed by atoms with Gasteiger partial charge in [-0.2, -0.15) is 0 Å². The monoisotopic (exact) mass is 2010 g/mol. The van der Waals surface area contributed by atoms with E-state index in [1.807, 2.05) is 48.2 Å². The molecule has 27 heteroatoms. The number of rotatable bonds is 63. The first-order valence-electron chi connectivity index (χ1n) is 58.2. The number of aromatic nitrogens is 27. The third-order valence-electron chi connectivity index (χ3n) is 24.5. The highest BCUT2D eigenvalue weighted by atomic mass is 15.5. The third kappa shape index (κ3) is 76.7. The molecule has 0 saturated carbocycles. The second-order valence-electron chi connectivity index (χ2n) is 49.0. The smallest absolute Gasteiger partial charge is 0.0829 e. The lowest BCUT2D eigenvalue weighted by atomic mass is 10.1. The van der Waals surface area contributed by atoms with Gasteiger partial charge in [0.2, 0.25) is 0 Å². The Hall–Kier alpha value is -7.74. The van der Waals surface area contributed by atoms with Gasteiger partial charge in [-0.15, -0.1) is 45.9 Å². The van der Waals surface area contributed by atoms with Crippen molar-refractivity contribution in [1.29, 1.82) is 0 Å². The van der Waals surface area contributed by atoms with Gasteiger partial charge in [-0.1, -0.05) is 360 Å². The lowest BCUT2D eigenvalue weighted by molar-refractivity contribution is 0.465.